The van der Waals surface area contributed by atoms with Gasteiger partial charge in [-0.2, -0.15) is 5.10 Å². The average Bonchev–Trinajstić information content (AvgIpc) is 2.76. The van der Waals surface area contributed by atoms with Gasteiger partial charge in [-0.15, -0.1) is 0 Å². The van der Waals surface area contributed by atoms with E-state index in [1.165, 1.54) is 70.0 Å². The maximum Gasteiger partial charge on any atom is 0.0524 e. The summed E-state index contributed by atoms with van der Waals surface area (Å²) in [5, 5.41) is 8.09. The second-order valence-electron chi connectivity index (χ2n) is 5.92. The Morgan fingerprint density at radius 3 is 2.44 bits per heavy atom. The van der Waals surface area contributed by atoms with Crippen LogP contribution in [0.4, 0.5) is 0 Å². The maximum absolute atomic E-state index is 4.65. The molecular weight excluding hydrogens is 222 g/mol. The molecule has 2 aliphatic rings. The van der Waals surface area contributed by atoms with Crippen LogP contribution < -0.4 is 5.32 Å². The quantitative estimate of drug-likeness (QED) is 0.813. The molecule has 2 heterocycles. The van der Waals surface area contributed by atoms with E-state index >= 15 is 0 Å². The van der Waals surface area contributed by atoms with E-state index in [0.717, 1.165) is 5.92 Å². The predicted molar refractivity (Wildman–Crippen MR) is 73.8 cm³/mol. The highest BCUT2D eigenvalue weighted by molar-refractivity contribution is 5.12. The Balaban J connectivity index is 1.67. The molecule has 3 heteroatoms. The zero-order valence-corrected chi connectivity index (χ0v) is 11.3. The fourth-order valence-corrected chi connectivity index (χ4v) is 3.44. The molecule has 0 radical (unpaired) electrons. The number of hydrogen-bond donors (Lipinski definition) is 1. The summed E-state index contributed by atoms with van der Waals surface area (Å²) >= 11 is 0. The van der Waals surface area contributed by atoms with Crippen LogP contribution in [-0.4, -0.2) is 22.9 Å². The van der Waals surface area contributed by atoms with E-state index in [1.807, 2.05) is 0 Å². The standard InChI is InChI=1S/C15H25N3/c1-2-4-6-15(5-3-1)18-12-14(11-17-18)13-7-9-16-10-8-13/h11-13,15-16H,1-10H2. The predicted octanol–water partition coefficient (Wildman–Crippen LogP) is 3.25. The molecule has 1 N–H and O–H groups in total. The van der Waals surface area contributed by atoms with Gasteiger partial charge >= 0.3 is 0 Å². The fourth-order valence-electron chi connectivity index (χ4n) is 3.44. The van der Waals surface area contributed by atoms with E-state index in [-0.39, 0.29) is 0 Å². The normalized spacial score (nSPS) is 24.0. The highest BCUT2D eigenvalue weighted by Crippen LogP contribution is 2.29. The molecule has 0 spiro atoms. The van der Waals surface area contributed by atoms with Crippen molar-refractivity contribution in [1.29, 1.82) is 0 Å². The molecular formula is C15H25N3. The smallest absolute Gasteiger partial charge is 0.0524 e. The third kappa shape index (κ3) is 2.77. The lowest BCUT2D eigenvalue weighted by Gasteiger charge is -2.21. The fraction of sp³-hybridized carbons (Fsp3) is 0.800. The van der Waals surface area contributed by atoms with Gasteiger partial charge in [-0.25, -0.2) is 0 Å². The summed E-state index contributed by atoms with van der Waals surface area (Å²) in [5.74, 6) is 0.741. The first-order valence-corrected chi connectivity index (χ1v) is 7.68. The van der Waals surface area contributed by atoms with Gasteiger partial charge in [0.1, 0.15) is 0 Å². The highest BCUT2D eigenvalue weighted by atomic mass is 15.3. The van der Waals surface area contributed by atoms with Gasteiger partial charge in [-0.1, -0.05) is 25.7 Å². The molecule has 3 rings (SSSR count). The molecule has 2 fully saturated rings. The lowest BCUT2D eigenvalue weighted by Crippen LogP contribution is -2.26. The molecule has 1 saturated heterocycles. The topological polar surface area (TPSA) is 29.9 Å². The van der Waals surface area contributed by atoms with E-state index in [1.54, 1.807) is 0 Å². The first-order chi connectivity index (χ1) is 8.93. The molecule has 0 atom stereocenters. The molecule has 3 nitrogen and oxygen atoms in total. The molecule has 1 aromatic heterocycles. The molecule has 1 saturated carbocycles. The number of nitrogens with one attached hydrogen (secondary N) is 1. The average molecular weight is 247 g/mol. The Bertz CT molecular complexity index is 358. The van der Waals surface area contributed by atoms with Crippen LogP contribution in [0, 0.1) is 0 Å². The number of aromatic nitrogens is 2. The SMILES string of the molecule is c1nn(C2CCCCCC2)cc1C1CCNCC1. The zero-order chi connectivity index (χ0) is 12.2. The van der Waals surface area contributed by atoms with Crippen LogP contribution in [0.5, 0.6) is 0 Å². The summed E-state index contributed by atoms with van der Waals surface area (Å²) in [5.41, 5.74) is 1.47. The summed E-state index contributed by atoms with van der Waals surface area (Å²) in [4.78, 5) is 0. The van der Waals surface area contributed by atoms with Crippen LogP contribution in [0.25, 0.3) is 0 Å². The van der Waals surface area contributed by atoms with Gasteiger partial charge in [0.2, 0.25) is 0 Å². The summed E-state index contributed by atoms with van der Waals surface area (Å²) in [7, 11) is 0. The van der Waals surface area contributed by atoms with Crippen molar-refractivity contribution in [2.24, 2.45) is 0 Å². The number of rotatable bonds is 2. The molecule has 0 amide bonds. The van der Waals surface area contributed by atoms with Gasteiger partial charge in [0, 0.05) is 6.20 Å². The summed E-state index contributed by atoms with van der Waals surface area (Å²) in [6.07, 6.45) is 15.3. The Morgan fingerprint density at radius 2 is 1.72 bits per heavy atom. The number of piperidine rings is 1. The van der Waals surface area contributed by atoms with Crippen molar-refractivity contribution in [3.05, 3.63) is 18.0 Å². The Kier molecular flexibility index (Phi) is 3.99. The van der Waals surface area contributed by atoms with Crippen LogP contribution in [0.15, 0.2) is 12.4 Å². The van der Waals surface area contributed by atoms with E-state index < -0.39 is 0 Å². The largest absolute Gasteiger partial charge is 0.317 e. The third-order valence-corrected chi connectivity index (χ3v) is 4.63. The molecule has 0 aromatic carbocycles. The second kappa shape index (κ2) is 5.87. The van der Waals surface area contributed by atoms with Gasteiger partial charge in [-0.3, -0.25) is 4.68 Å². The molecule has 1 aliphatic carbocycles. The summed E-state index contributed by atoms with van der Waals surface area (Å²) in [6.45, 7) is 2.33. The van der Waals surface area contributed by atoms with Crippen molar-refractivity contribution in [3.63, 3.8) is 0 Å². The van der Waals surface area contributed by atoms with Crippen LogP contribution in [0.2, 0.25) is 0 Å². The third-order valence-electron chi connectivity index (χ3n) is 4.63. The van der Waals surface area contributed by atoms with Crippen LogP contribution in [-0.2, 0) is 0 Å². The summed E-state index contributed by atoms with van der Waals surface area (Å²) < 4.78 is 2.27. The highest BCUT2D eigenvalue weighted by Gasteiger charge is 2.19. The molecule has 0 unspecified atom stereocenters. The first kappa shape index (κ1) is 12.2. The lowest BCUT2D eigenvalue weighted by atomic mass is 9.93. The number of hydrogen-bond acceptors (Lipinski definition) is 2. The van der Waals surface area contributed by atoms with Gasteiger partial charge in [-0.05, 0) is 50.3 Å². The van der Waals surface area contributed by atoms with Gasteiger partial charge in [0.25, 0.3) is 0 Å². The second-order valence-corrected chi connectivity index (χ2v) is 5.92. The van der Waals surface area contributed by atoms with Crippen molar-refractivity contribution < 1.29 is 0 Å². The van der Waals surface area contributed by atoms with Crippen molar-refractivity contribution >= 4 is 0 Å². The minimum atomic E-state index is 0.669. The molecule has 1 aliphatic heterocycles. The van der Waals surface area contributed by atoms with E-state index in [9.17, 15) is 0 Å². The first-order valence-electron chi connectivity index (χ1n) is 7.68. The minimum absolute atomic E-state index is 0.669. The van der Waals surface area contributed by atoms with E-state index in [2.05, 4.69) is 27.5 Å². The Hall–Kier alpha value is -0.830. The van der Waals surface area contributed by atoms with Gasteiger partial charge < -0.3 is 5.32 Å². The van der Waals surface area contributed by atoms with Crippen molar-refractivity contribution in [3.8, 4) is 0 Å². The molecule has 18 heavy (non-hydrogen) atoms. The molecule has 100 valence electrons. The van der Waals surface area contributed by atoms with Crippen LogP contribution >= 0.6 is 0 Å². The van der Waals surface area contributed by atoms with Gasteiger partial charge in [0.15, 0.2) is 0 Å². The van der Waals surface area contributed by atoms with Crippen molar-refractivity contribution in [2.75, 3.05) is 13.1 Å². The lowest BCUT2D eigenvalue weighted by molar-refractivity contribution is 0.404. The summed E-state index contributed by atoms with van der Waals surface area (Å²) in [6, 6.07) is 0.669. The Labute approximate surface area is 110 Å². The van der Waals surface area contributed by atoms with Crippen molar-refractivity contribution in [2.45, 2.75) is 63.3 Å². The molecule has 1 aromatic rings. The number of nitrogens with zero attached hydrogens (tertiary/aromatic N) is 2. The molecule has 0 bridgehead atoms. The van der Waals surface area contributed by atoms with E-state index in [4.69, 9.17) is 0 Å². The Morgan fingerprint density at radius 1 is 1.00 bits per heavy atom. The monoisotopic (exact) mass is 247 g/mol. The van der Waals surface area contributed by atoms with Crippen LogP contribution in [0.3, 0.4) is 0 Å². The zero-order valence-electron chi connectivity index (χ0n) is 11.3. The van der Waals surface area contributed by atoms with E-state index in [0.29, 0.717) is 6.04 Å². The van der Waals surface area contributed by atoms with Gasteiger partial charge in [0.05, 0.1) is 12.2 Å². The minimum Gasteiger partial charge on any atom is -0.317 e. The van der Waals surface area contributed by atoms with Crippen LogP contribution in [0.1, 0.15) is 68.9 Å². The van der Waals surface area contributed by atoms with Crippen molar-refractivity contribution in [1.82, 2.24) is 15.1 Å². The maximum atomic E-state index is 4.65.